The standard InChI is InChI=1S/C23H27F2N3O4/c1-5-31-18-10-14(6-7-16(18)22(3,4)32-12-29)19-15-8-9-23(24,25)20(15)27-21(26-19)28-11-17(30)13(28)2/h6-7,10,12-13,17,30H,5,8-9,11H2,1-4H3/t13-,17?/m0/s1. The zero-order valence-corrected chi connectivity index (χ0v) is 18.6. The van der Waals surface area contributed by atoms with Crippen molar-refractivity contribution in [3.8, 4) is 17.0 Å². The Bertz CT molecular complexity index is 1040. The van der Waals surface area contributed by atoms with Crippen molar-refractivity contribution in [2.24, 2.45) is 0 Å². The van der Waals surface area contributed by atoms with Crippen LogP contribution in [0.2, 0.25) is 0 Å². The molecular weight excluding hydrogens is 420 g/mol. The lowest BCUT2D eigenvalue weighted by molar-refractivity contribution is -0.141. The van der Waals surface area contributed by atoms with Gasteiger partial charge in [0, 0.05) is 29.7 Å². The fourth-order valence-corrected chi connectivity index (χ4v) is 4.26. The lowest BCUT2D eigenvalue weighted by Gasteiger charge is -2.43. The van der Waals surface area contributed by atoms with E-state index in [4.69, 9.17) is 9.47 Å². The zero-order chi connectivity index (χ0) is 23.3. The summed E-state index contributed by atoms with van der Waals surface area (Å²) >= 11 is 0. The van der Waals surface area contributed by atoms with Gasteiger partial charge in [-0.05, 0) is 40.2 Å². The average molecular weight is 447 g/mol. The molecule has 1 aliphatic heterocycles. The van der Waals surface area contributed by atoms with E-state index in [-0.39, 0.29) is 30.5 Å². The monoisotopic (exact) mass is 447 g/mol. The summed E-state index contributed by atoms with van der Waals surface area (Å²) in [4.78, 5) is 21.5. The normalized spacial score (nSPS) is 21.7. The van der Waals surface area contributed by atoms with Crippen LogP contribution in [-0.2, 0) is 27.5 Å². The topological polar surface area (TPSA) is 84.8 Å². The molecule has 1 aromatic heterocycles. The number of aliphatic hydroxyl groups is 1. The minimum absolute atomic E-state index is 0.168. The maximum absolute atomic E-state index is 14.6. The number of halogens is 2. The molecule has 1 N–H and O–H groups in total. The first kappa shape index (κ1) is 22.4. The Kier molecular flexibility index (Phi) is 5.56. The molecule has 7 nitrogen and oxygen atoms in total. The van der Waals surface area contributed by atoms with Crippen molar-refractivity contribution in [1.29, 1.82) is 0 Å². The molecule has 1 saturated heterocycles. The number of carbonyl (C=O) groups excluding carboxylic acids is 1. The second-order valence-electron chi connectivity index (χ2n) is 8.73. The summed E-state index contributed by atoms with van der Waals surface area (Å²) in [6.45, 7) is 8.19. The maximum atomic E-state index is 14.6. The molecule has 172 valence electrons. The van der Waals surface area contributed by atoms with Crippen molar-refractivity contribution in [3.63, 3.8) is 0 Å². The smallest absolute Gasteiger partial charge is 0.293 e. The quantitative estimate of drug-likeness (QED) is 0.650. The van der Waals surface area contributed by atoms with Crippen LogP contribution in [0.5, 0.6) is 5.75 Å². The lowest BCUT2D eigenvalue weighted by Crippen LogP contribution is -2.59. The molecule has 4 rings (SSSR count). The molecule has 32 heavy (non-hydrogen) atoms. The lowest BCUT2D eigenvalue weighted by atomic mass is 9.94. The summed E-state index contributed by atoms with van der Waals surface area (Å²) in [6.07, 6.45) is -0.691. The molecular formula is C23H27F2N3O4. The van der Waals surface area contributed by atoms with E-state index in [0.29, 0.717) is 47.8 Å². The van der Waals surface area contributed by atoms with Crippen molar-refractivity contribution >= 4 is 12.4 Å². The number of carbonyl (C=O) groups is 1. The summed E-state index contributed by atoms with van der Waals surface area (Å²) < 4.78 is 40.3. The molecule has 0 saturated carbocycles. The van der Waals surface area contributed by atoms with Gasteiger partial charge in [-0.2, -0.15) is 8.78 Å². The highest BCUT2D eigenvalue weighted by Crippen LogP contribution is 2.46. The van der Waals surface area contributed by atoms with E-state index in [1.807, 2.05) is 6.92 Å². The molecule has 0 spiro atoms. The second kappa shape index (κ2) is 7.95. The third kappa shape index (κ3) is 3.68. The third-order valence-corrected chi connectivity index (χ3v) is 6.27. The number of β-amino-alcohol motifs (C(OH)–C–C–N with tert-alkyl or cyclic N) is 1. The van der Waals surface area contributed by atoms with Crippen molar-refractivity contribution in [2.75, 3.05) is 18.1 Å². The maximum Gasteiger partial charge on any atom is 0.293 e. The van der Waals surface area contributed by atoms with Crippen LogP contribution >= 0.6 is 0 Å². The summed E-state index contributed by atoms with van der Waals surface area (Å²) in [5.74, 6) is -2.36. The van der Waals surface area contributed by atoms with Crippen molar-refractivity contribution in [3.05, 3.63) is 35.0 Å². The molecule has 0 radical (unpaired) electrons. The highest BCUT2D eigenvalue weighted by Gasteiger charge is 2.45. The molecule has 1 unspecified atom stereocenters. The fraction of sp³-hybridized carbons (Fsp3) is 0.522. The molecule has 2 aromatic rings. The number of benzene rings is 1. The number of ether oxygens (including phenoxy) is 2. The van der Waals surface area contributed by atoms with Crippen LogP contribution in [0.3, 0.4) is 0 Å². The Morgan fingerprint density at radius 1 is 1.34 bits per heavy atom. The Labute approximate surface area is 185 Å². The third-order valence-electron chi connectivity index (χ3n) is 6.27. The van der Waals surface area contributed by atoms with E-state index in [2.05, 4.69) is 9.97 Å². The molecule has 1 aromatic carbocycles. The number of aliphatic hydroxyl groups excluding tert-OH is 1. The molecule has 0 bridgehead atoms. The van der Waals surface area contributed by atoms with Gasteiger partial charge in [0.2, 0.25) is 5.95 Å². The van der Waals surface area contributed by atoms with Crippen LogP contribution in [0.15, 0.2) is 18.2 Å². The van der Waals surface area contributed by atoms with E-state index < -0.39 is 17.6 Å². The molecule has 9 heteroatoms. The minimum Gasteiger partial charge on any atom is -0.493 e. The van der Waals surface area contributed by atoms with Gasteiger partial charge in [-0.1, -0.05) is 12.1 Å². The van der Waals surface area contributed by atoms with Gasteiger partial charge in [0.1, 0.15) is 17.0 Å². The van der Waals surface area contributed by atoms with Crippen LogP contribution in [0.1, 0.15) is 50.9 Å². The van der Waals surface area contributed by atoms with Crippen LogP contribution in [0.25, 0.3) is 11.3 Å². The van der Waals surface area contributed by atoms with E-state index in [0.717, 1.165) is 0 Å². The molecule has 1 fully saturated rings. The molecule has 2 heterocycles. The van der Waals surface area contributed by atoms with Gasteiger partial charge >= 0.3 is 0 Å². The first-order valence-electron chi connectivity index (χ1n) is 10.7. The molecule has 1 aliphatic carbocycles. The summed E-state index contributed by atoms with van der Waals surface area (Å²) in [6, 6.07) is 5.02. The van der Waals surface area contributed by atoms with Crippen molar-refractivity contribution in [1.82, 2.24) is 9.97 Å². The molecule has 2 atom stereocenters. The average Bonchev–Trinajstić information content (AvgIpc) is 3.05. The van der Waals surface area contributed by atoms with Gasteiger partial charge in [0.25, 0.3) is 12.4 Å². The first-order valence-corrected chi connectivity index (χ1v) is 10.7. The van der Waals surface area contributed by atoms with Crippen LogP contribution < -0.4 is 9.64 Å². The summed E-state index contributed by atoms with van der Waals surface area (Å²) in [5, 5.41) is 9.88. The van der Waals surface area contributed by atoms with E-state index in [1.54, 1.807) is 43.9 Å². The van der Waals surface area contributed by atoms with Gasteiger partial charge < -0.3 is 19.5 Å². The van der Waals surface area contributed by atoms with Gasteiger partial charge in [-0.3, -0.25) is 4.79 Å². The van der Waals surface area contributed by atoms with Gasteiger partial charge in [-0.25, -0.2) is 9.97 Å². The number of hydrogen-bond donors (Lipinski definition) is 1. The Morgan fingerprint density at radius 2 is 2.09 bits per heavy atom. The minimum atomic E-state index is -3.03. The van der Waals surface area contributed by atoms with E-state index >= 15 is 0 Å². The highest BCUT2D eigenvalue weighted by molar-refractivity contribution is 5.70. The van der Waals surface area contributed by atoms with Gasteiger partial charge in [0.15, 0.2) is 0 Å². The zero-order valence-electron chi connectivity index (χ0n) is 18.6. The van der Waals surface area contributed by atoms with Crippen LogP contribution in [0, 0.1) is 0 Å². The number of aromatic nitrogens is 2. The van der Waals surface area contributed by atoms with Crippen molar-refractivity contribution in [2.45, 2.75) is 64.2 Å². The molecule has 2 aliphatic rings. The number of hydrogen-bond acceptors (Lipinski definition) is 7. The summed E-state index contributed by atoms with van der Waals surface area (Å²) in [7, 11) is 0. The fourth-order valence-electron chi connectivity index (χ4n) is 4.26. The van der Waals surface area contributed by atoms with Crippen LogP contribution in [-0.4, -0.2) is 46.8 Å². The van der Waals surface area contributed by atoms with Gasteiger partial charge in [-0.15, -0.1) is 0 Å². The first-order chi connectivity index (χ1) is 15.1. The largest absolute Gasteiger partial charge is 0.493 e. The Morgan fingerprint density at radius 3 is 2.72 bits per heavy atom. The Hall–Kier alpha value is -2.81. The highest BCUT2D eigenvalue weighted by atomic mass is 19.3. The second-order valence-corrected chi connectivity index (χ2v) is 8.73. The van der Waals surface area contributed by atoms with Gasteiger partial charge in [0.05, 0.1) is 24.4 Å². The SMILES string of the molecule is CCOc1cc(-c2nc(N3CC(O)[C@@H]3C)nc3c2CCC3(F)F)ccc1C(C)(C)OC=O. The van der Waals surface area contributed by atoms with E-state index in [9.17, 15) is 18.7 Å². The number of alkyl halides is 2. The number of anilines is 1. The van der Waals surface area contributed by atoms with Crippen LogP contribution in [0.4, 0.5) is 14.7 Å². The Balaban J connectivity index is 1.85. The predicted octanol–water partition coefficient (Wildman–Crippen LogP) is 3.56. The number of nitrogens with zero attached hydrogens (tertiary/aromatic N) is 3. The van der Waals surface area contributed by atoms with E-state index in [1.165, 1.54) is 0 Å². The number of rotatable bonds is 7. The molecule has 0 amide bonds. The summed E-state index contributed by atoms with van der Waals surface area (Å²) in [5.41, 5.74) is 0.942. The number of fused-ring (bicyclic) bond motifs is 1. The van der Waals surface area contributed by atoms with Crippen molar-refractivity contribution < 1.29 is 28.2 Å². The predicted molar refractivity (Wildman–Crippen MR) is 114 cm³/mol.